The van der Waals surface area contributed by atoms with E-state index >= 15 is 0 Å². The molecule has 4 heterocycles. The molecule has 3 aliphatic heterocycles. The Kier molecular flexibility index (Phi) is 5.18. The van der Waals surface area contributed by atoms with Crippen molar-refractivity contribution in [3.8, 4) is 17.0 Å². The van der Waals surface area contributed by atoms with Crippen LogP contribution in [-0.4, -0.2) is 58.2 Å². The smallest absolute Gasteiger partial charge is 0.253 e. The molecule has 0 bridgehead atoms. The summed E-state index contributed by atoms with van der Waals surface area (Å²) in [6.07, 6.45) is 6.16. The third kappa shape index (κ3) is 3.62. The van der Waals surface area contributed by atoms with Crippen LogP contribution in [0.3, 0.4) is 0 Å². The minimum atomic E-state index is -0.428. The van der Waals surface area contributed by atoms with Gasteiger partial charge in [-0.2, -0.15) is 5.10 Å². The zero-order valence-electron chi connectivity index (χ0n) is 18.9. The van der Waals surface area contributed by atoms with E-state index in [2.05, 4.69) is 27.8 Å². The molecule has 6 rings (SSSR count). The van der Waals surface area contributed by atoms with Gasteiger partial charge in [0, 0.05) is 49.2 Å². The van der Waals surface area contributed by atoms with E-state index in [9.17, 15) is 4.79 Å². The van der Waals surface area contributed by atoms with Crippen molar-refractivity contribution in [1.29, 1.82) is 0 Å². The largest absolute Gasteiger partial charge is 0.482 e. The summed E-state index contributed by atoms with van der Waals surface area (Å²) in [7, 11) is 0. The van der Waals surface area contributed by atoms with Gasteiger partial charge in [0.1, 0.15) is 11.4 Å². The van der Waals surface area contributed by atoms with Crippen LogP contribution in [0.15, 0.2) is 60.8 Å². The van der Waals surface area contributed by atoms with Crippen molar-refractivity contribution >= 4 is 5.91 Å². The second kappa shape index (κ2) is 8.34. The molecular weight excluding hydrogens is 412 g/mol. The highest BCUT2D eigenvalue weighted by molar-refractivity contribution is 5.94. The van der Waals surface area contributed by atoms with E-state index in [0.717, 1.165) is 42.8 Å². The van der Waals surface area contributed by atoms with E-state index < -0.39 is 5.60 Å². The van der Waals surface area contributed by atoms with Gasteiger partial charge >= 0.3 is 0 Å². The molecule has 1 spiro atoms. The van der Waals surface area contributed by atoms with Crippen molar-refractivity contribution in [3.63, 3.8) is 0 Å². The van der Waals surface area contributed by atoms with Crippen LogP contribution >= 0.6 is 0 Å². The first-order chi connectivity index (χ1) is 16.2. The Morgan fingerprint density at radius 1 is 0.909 bits per heavy atom. The van der Waals surface area contributed by atoms with Crippen molar-refractivity contribution in [2.24, 2.45) is 0 Å². The first-order valence-electron chi connectivity index (χ1n) is 12.1. The standard InChI is InChI=1S/C27H30N4O2/c32-26(21-8-2-1-3-9-21)30-16-12-27(13-17-30)23-20-28-31(19-18-29-14-6-7-15-29)25(23)22-10-4-5-11-24(22)33-27/h1-5,8-11,20H,6-7,12-19H2. The Morgan fingerprint density at radius 2 is 1.64 bits per heavy atom. The van der Waals surface area contributed by atoms with Crippen molar-refractivity contribution in [1.82, 2.24) is 19.6 Å². The lowest BCUT2D eigenvalue weighted by Crippen LogP contribution is -2.49. The van der Waals surface area contributed by atoms with Gasteiger partial charge in [0.2, 0.25) is 0 Å². The number of carbonyl (C=O) groups is 1. The van der Waals surface area contributed by atoms with Crippen molar-refractivity contribution in [3.05, 3.63) is 71.9 Å². The molecule has 6 heteroatoms. The van der Waals surface area contributed by atoms with Crippen LogP contribution in [0.25, 0.3) is 11.3 Å². The van der Waals surface area contributed by atoms with Gasteiger partial charge in [-0.05, 0) is 50.2 Å². The maximum absolute atomic E-state index is 13.0. The molecule has 2 aromatic carbocycles. The Morgan fingerprint density at radius 3 is 2.42 bits per heavy atom. The lowest BCUT2D eigenvalue weighted by Gasteiger charge is -2.44. The number of piperidine rings is 1. The van der Waals surface area contributed by atoms with Crippen LogP contribution in [0.2, 0.25) is 0 Å². The summed E-state index contributed by atoms with van der Waals surface area (Å²) >= 11 is 0. The maximum Gasteiger partial charge on any atom is 0.253 e. The van der Waals surface area contributed by atoms with E-state index in [1.165, 1.54) is 37.2 Å². The summed E-state index contributed by atoms with van der Waals surface area (Å²) in [6.45, 7) is 5.65. The van der Waals surface area contributed by atoms with Gasteiger partial charge < -0.3 is 14.5 Å². The average Bonchev–Trinajstić information content (AvgIpc) is 3.54. The molecule has 0 unspecified atom stereocenters. The number of ether oxygens (including phenoxy) is 1. The number of hydrogen-bond acceptors (Lipinski definition) is 4. The molecule has 0 saturated carbocycles. The lowest BCUT2D eigenvalue weighted by atomic mass is 9.81. The van der Waals surface area contributed by atoms with Gasteiger partial charge in [0.05, 0.1) is 18.4 Å². The number of para-hydroxylation sites is 1. The van der Waals surface area contributed by atoms with E-state index in [1.54, 1.807) is 0 Å². The minimum Gasteiger partial charge on any atom is -0.482 e. The third-order valence-corrected chi connectivity index (χ3v) is 7.48. The summed E-state index contributed by atoms with van der Waals surface area (Å²) < 4.78 is 8.89. The summed E-state index contributed by atoms with van der Waals surface area (Å²) in [5.41, 5.74) is 3.81. The lowest BCUT2D eigenvalue weighted by molar-refractivity contribution is -0.00176. The van der Waals surface area contributed by atoms with Crippen LogP contribution < -0.4 is 4.74 Å². The molecule has 0 radical (unpaired) electrons. The maximum atomic E-state index is 13.0. The molecule has 1 aromatic heterocycles. The van der Waals surface area contributed by atoms with Crippen molar-refractivity contribution < 1.29 is 9.53 Å². The summed E-state index contributed by atoms with van der Waals surface area (Å²) in [5, 5.41) is 4.84. The Hall–Kier alpha value is -3.12. The molecule has 2 saturated heterocycles. The molecule has 33 heavy (non-hydrogen) atoms. The Balaban J connectivity index is 1.27. The molecule has 170 valence electrons. The molecule has 0 atom stereocenters. The van der Waals surface area contributed by atoms with Crippen LogP contribution in [-0.2, 0) is 12.1 Å². The fraction of sp³-hybridized carbons (Fsp3) is 0.407. The number of likely N-dealkylation sites (tertiary alicyclic amines) is 2. The molecule has 0 N–H and O–H groups in total. The van der Waals surface area contributed by atoms with Gasteiger partial charge in [0.25, 0.3) is 5.91 Å². The molecular formula is C27H30N4O2. The van der Waals surface area contributed by atoms with Crippen LogP contribution in [0.4, 0.5) is 0 Å². The van der Waals surface area contributed by atoms with E-state index in [4.69, 9.17) is 9.84 Å². The number of hydrogen-bond donors (Lipinski definition) is 0. The number of amides is 1. The number of aromatic nitrogens is 2. The second-order valence-corrected chi connectivity index (χ2v) is 9.43. The minimum absolute atomic E-state index is 0.100. The zero-order chi connectivity index (χ0) is 22.3. The number of nitrogens with zero attached hydrogens (tertiary/aromatic N) is 4. The topological polar surface area (TPSA) is 50.6 Å². The predicted molar refractivity (Wildman–Crippen MR) is 127 cm³/mol. The van der Waals surface area contributed by atoms with Crippen LogP contribution in [0, 0.1) is 0 Å². The molecule has 3 aromatic rings. The number of fused-ring (bicyclic) bond motifs is 4. The highest BCUT2D eigenvalue weighted by Gasteiger charge is 2.46. The second-order valence-electron chi connectivity index (χ2n) is 9.43. The van der Waals surface area contributed by atoms with Crippen LogP contribution in [0.1, 0.15) is 41.6 Å². The molecule has 2 fully saturated rings. The van der Waals surface area contributed by atoms with Crippen LogP contribution in [0.5, 0.6) is 5.75 Å². The van der Waals surface area contributed by atoms with Gasteiger partial charge in [-0.15, -0.1) is 0 Å². The Bertz CT molecular complexity index is 1140. The highest BCUT2D eigenvalue weighted by Crippen LogP contribution is 2.49. The normalized spacial score (nSPS) is 19.2. The van der Waals surface area contributed by atoms with Gasteiger partial charge in [-0.25, -0.2) is 0 Å². The van der Waals surface area contributed by atoms with Crippen molar-refractivity contribution in [2.75, 3.05) is 32.7 Å². The number of rotatable bonds is 4. The van der Waals surface area contributed by atoms with E-state index in [0.29, 0.717) is 13.1 Å². The summed E-state index contributed by atoms with van der Waals surface area (Å²) in [5.74, 6) is 1.03. The SMILES string of the molecule is O=C(c1ccccc1)N1CCC2(CC1)Oc1ccccc1-c1c2cnn1CCN1CCCC1. The first-order valence-corrected chi connectivity index (χ1v) is 12.1. The zero-order valence-corrected chi connectivity index (χ0v) is 18.9. The molecule has 3 aliphatic rings. The molecule has 1 amide bonds. The average molecular weight is 443 g/mol. The number of carbonyl (C=O) groups excluding carboxylic acids is 1. The third-order valence-electron chi connectivity index (χ3n) is 7.48. The molecule has 6 nitrogen and oxygen atoms in total. The van der Waals surface area contributed by atoms with E-state index in [-0.39, 0.29) is 5.91 Å². The van der Waals surface area contributed by atoms with Gasteiger partial charge in [-0.3, -0.25) is 9.48 Å². The van der Waals surface area contributed by atoms with Gasteiger partial charge in [0.15, 0.2) is 0 Å². The summed E-state index contributed by atoms with van der Waals surface area (Å²) in [4.78, 5) is 17.5. The first kappa shape index (κ1) is 20.5. The van der Waals surface area contributed by atoms with E-state index in [1.807, 2.05) is 47.5 Å². The van der Waals surface area contributed by atoms with Gasteiger partial charge in [-0.1, -0.05) is 30.3 Å². The molecule has 0 aliphatic carbocycles. The monoisotopic (exact) mass is 442 g/mol. The fourth-order valence-corrected chi connectivity index (χ4v) is 5.64. The van der Waals surface area contributed by atoms with Crippen molar-refractivity contribution in [2.45, 2.75) is 37.8 Å². The predicted octanol–water partition coefficient (Wildman–Crippen LogP) is 4.17. The Labute approximate surface area is 194 Å². The number of benzene rings is 2. The summed E-state index contributed by atoms with van der Waals surface area (Å²) in [6, 6.07) is 17.9. The highest BCUT2D eigenvalue weighted by atomic mass is 16.5. The fourth-order valence-electron chi connectivity index (χ4n) is 5.64. The quantitative estimate of drug-likeness (QED) is 0.609.